The van der Waals surface area contributed by atoms with Gasteiger partial charge in [-0.1, -0.05) is 38.8 Å². The highest BCUT2D eigenvalue weighted by Crippen LogP contribution is 2.44. The van der Waals surface area contributed by atoms with Crippen molar-refractivity contribution in [3.8, 4) is 11.8 Å². The van der Waals surface area contributed by atoms with Crippen LogP contribution < -0.4 is 14.5 Å². The summed E-state index contributed by atoms with van der Waals surface area (Å²) in [5.41, 5.74) is 4.37. The number of anilines is 2. The molecule has 0 radical (unpaired) electrons. The lowest BCUT2D eigenvalue weighted by Crippen LogP contribution is -2.49. The van der Waals surface area contributed by atoms with Crippen LogP contribution in [0.15, 0.2) is 41.2 Å². The zero-order valence-electron chi connectivity index (χ0n) is 27.1. The standard InChI is InChI=1S/C34H48N6O4S/c1-6-25(5)32-29(21-26(41)22-30(32)45-24(3)4)40-11-9-27-28(23-40)35-34(44-18-8-10-37-16-19-43-20-17-37)36-33(27)39-14-12-38(13-15-39)31(42)7-2/h7,21-22,25,41H,2-3,6,8-20,23H2,1,4-5H3. The second-order valence-electron chi connectivity index (χ2n) is 12.1. The van der Waals surface area contributed by atoms with Crippen molar-refractivity contribution in [1.29, 1.82) is 0 Å². The Hall–Kier alpha value is -3.28. The molecule has 1 aromatic carbocycles. The molecule has 45 heavy (non-hydrogen) atoms. The van der Waals surface area contributed by atoms with E-state index in [0.29, 0.717) is 51.3 Å². The summed E-state index contributed by atoms with van der Waals surface area (Å²) >= 11 is 1.62. The maximum atomic E-state index is 12.2. The Balaban J connectivity index is 1.42. The molecular formula is C34H48N6O4S. The molecule has 1 unspecified atom stereocenters. The molecule has 1 N–H and O–H groups in total. The number of rotatable bonds is 12. The van der Waals surface area contributed by atoms with Crippen LogP contribution >= 0.6 is 11.8 Å². The summed E-state index contributed by atoms with van der Waals surface area (Å²) in [5, 5.41) is 10.8. The van der Waals surface area contributed by atoms with Gasteiger partial charge in [0.1, 0.15) is 11.6 Å². The summed E-state index contributed by atoms with van der Waals surface area (Å²) < 4.78 is 11.7. The summed E-state index contributed by atoms with van der Waals surface area (Å²) in [4.78, 5) is 33.1. The number of hydrogen-bond acceptors (Lipinski definition) is 10. The largest absolute Gasteiger partial charge is 0.508 e. The number of thioether (sulfide) groups is 1. The molecule has 1 amide bonds. The monoisotopic (exact) mass is 636 g/mol. The predicted octanol–water partition coefficient (Wildman–Crippen LogP) is 4.82. The van der Waals surface area contributed by atoms with Gasteiger partial charge in [-0.2, -0.15) is 9.97 Å². The quantitative estimate of drug-likeness (QED) is 0.199. The normalized spacial score (nSPS) is 18.0. The Morgan fingerprint density at radius 1 is 1.13 bits per heavy atom. The van der Waals surface area contributed by atoms with Crippen LogP contribution in [0.2, 0.25) is 0 Å². The predicted molar refractivity (Wildman–Crippen MR) is 181 cm³/mol. The third kappa shape index (κ3) is 8.12. The Labute approximate surface area is 272 Å². The zero-order chi connectivity index (χ0) is 31.9. The summed E-state index contributed by atoms with van der Waals surface area (Å²) in [6, 6.07) is 4.16. The van der Waals surface area contributed by atoms with Crippen LogP contribution in [0.1, 0.15) is 56.4 Å². The van der Waals surface area contributed by atoms with E-state index >= 15 is 0 Å². The van der Waals surface area contributed by atoms with Gasteiger partial charge in [0.2, 0.25) is 5.91 Å². The van der Waals surface area contributed by atoms with E-state index in [9.17, 15) is 9.90 Å². The molecule has 2 aromatic rings. The Bertz CT molecular complexity index is 1370. The van der Waals surface area contributed by atoms with Crippen LogP contribution in [-0.2, 0) is 22.5 Å². The molecule has 0 saturated carbocycles. The maximum Gasteiger partial charge on any atom is 0.318 e. The Morgan fingerprint density at radius 3 is 2.58 bits per heavy atom. The van der Waals surface area contributed by atoms with Gasteiger partial charge in [-0.25, -0.2) is 0 Å². The highest BCUT2D eigenvalue weighted by molar-refractivity contribution is 8.03. The van der Waals surface area contributed by atoms with E-state index in [2.05, 4.69) is 41.7 Å². The number of ether oxygens (including phenoxy) is 2. The minimum atomic E-state index is -0.0355. The van der Waals surface area contributed by atoms with Gasteiger partial charge in [-0.3, -0.25) is 9.69 Å². The first kappa shape index (κ1) is 33.1. The number of morpholine rings is 1. The van der Waals surface area contributed by atoms with Gasteiger partial charge < -0.3 is 29.3 Å². The molecule has 0 bridgehead atoms. The fourth-order valence-corrected chi connectivity index (χ4v) is 7.27. The number of phenolic OH excluding ortho intramolecular Hbond substituents is 1. The zero-order valence-corrected chi connectivity index (χ0v) is 27.9. The van der Waals surface area contributed by atoms with Gasteiger partial charge in [0.15, 0.2) is 0 Å². The second kappa shape index (κ2) is 15.3. The number of carbonyl (C=O) groups excluding carboxylic acids is 1. The smallest absolute Gasteiger partial charge is 0.318 e. The lowest BCUT2D eigenvalue weighted by Gasteiger charge is -2.38. The number of piperazine rings is 1. The van der Waals surface area contributed by atoms with Crippen molar-refractivity contribution >= 4 is 29.2 Å². The number of nitrogens with zero attached hydrogens (tertiary/aromatic N) is 6. The van der Waals surface area contributed by atoms with Crippen molar-refractivity contribution in [2.45, 2.75) is 57.4 Å². The molecule has 3 aliphatic rings. The van der Waals surface area contributed by atoms with E-state index in [4.69, 9.17) is 19.4 Å². The van der Waals surface area contributed by atoms with Gasteiger partial charge in [0.05, 0.1) is 32.1 Å². The number of allylic oxidation sites excluding steroid dienone is 1. The second-order valence-corrected chi connectivity index (χ2v) is 13.4. The maximum absolute atomic E-state index is 12.2. The number of aromatic hydroxyl groups is 1. The number of amides is 1. The van der Waals surface area contributed by atoms with E-state index in [1.54, 1.807) is 11.8 Å². The molecule has 11 heteroatoms. The molecule has 2 fully saturated rings. The summed E-state index contributed by atoms with van der Waals surface area (Å²) in [6.45, 7) is 23.2. The summed E-state index contributed by atoms with van der Waals surface area (Å²) in [7, 11) is 0. The molecule has 1 aromatic heterocycles. The third-order valence-corrected chi connectivity index (χ3v) is 9.78. The SMILES string of the molecule is C=CC(=O)N1CCN(c2nc(OCCCN3CCOCC3)nc3c2CCN(c2cc(O)cc(SC(=C)C)c2C(C)CC)C3)CC1. The molecular weight excluding hydrogens is 588 g/mol. The van der Waals surface area contributed by atoms with E-state index in [-0.39, 0.29) is 11.7 Å². The van der Waals surface area contributed by atoms with Crippen molar-refractivity contribution in [3.05, 3.63) is 53.1 Å². The van der Waals surface area contributed by atoms with Gasteiger partial charge in [-0.05, 0) is 54.7 Å². The number of phenols is 1. The van der Waals surface area contributed by atoms with Crippen molar-refractivity contribution in [3.63, 3.8) is 0 Å². The fourth-order valence-electron chi connectivity index (χ4n) is 6.30. The van der Waals surface area contributed by atoms with E-state index in [1.807, 2.05) is 24.0 Å². The van der Waals surface area contributed by atoms with Crippen molar-refractivity contribution in [2.75, 3.05) is 82.0 Å². The number of hydrogen-bond donors (Lipinski definition) is 1. The third-order valence-electron chi connectivity index (χ3n) is 8.88. The lowest BCUT2D eigenvalue weighted by molar-refractivity contribution is -0.126. The average molecular weight is 637 g/mol. The Morgan fingerprint density at radius 2 is 1.89 bits per heavy atom. The van der Waals surface area contributed by atoms with Gasteiger partial charge in [0, 0.05) is 74.6 Å². The highest BCUT2D eigenvalue weighted by atomic mass is 32.2. The number of fused-ring (bicyclic) bond motifs is 1. The van der Waals surface area contributed by atoms with Gasteiger partial charge >= 0.3 is 6.01 Å². The van der Waals surface area contributed by atoms with Crippen LogP contribution in [0.4, 0.5) is 11.5 Å². The van der Waals surface area contributed by atoms with E-state index < -0.39 is 0 Å². The van der Waals surface area contributed by atoms with Gasteiger partial charge in [0.25, 0.3) is 0 Å². The Kier molecular flexibility index (Phi) is 11.3. The molecule has 5 rings (SSSR count). The lowest BCUT2D eigenvalue weighted by atomic mass is 9.94. The van der Waals surface area contributed by atoms with E-state index in [1.165, 1.54) is 11.6 Å². The van der Waals surface area contributed by atoms with Crippen molar-refractivity contribution in [1.82, 2.24) is 19.8 Å². The minimum Gasteiger partial charge on any atom is -0.508 e. The summed E-state index contributed by atoms with van der Waals surface area (Å²) in [5.74, 6) is 1.44. The molecule has 4 heterocycles. The number of carbonyl (C=O) groups is 1. The first-order chi connectivity index (χ1) is 21.8. The molecule has 0 aliphatic carbocycles. The fraction of sp³-hybridized carbons (Fsp3) is 0.559. The van der Waals surface area contributed by atoms with Crippen LogP contribution in [-0.4, -0.2) is 103 Å². The molecule has 0 spiro atoms. The minimum absolute atomic E-state index is 0.0355. The van der Waals surface area contributed by atoms with Gasteiger partial charge in [-0.15, -0.1) is 0 Å². The molecule has 10 nitrogen and oxygen atoms in total. The summed E-state index contributed by atoms with van der Waals surface area (Å²) in [6.07, 6.45) is 4.03. The van der Waals surface area contributed by atoms with Crippen LogP contribution in [0, 0.1) is 0 Å². The first-order valence-electron chi connectivity index (χ1n) is 16.2. The average Bonchev–Trinajstić information content (AvgIpc) is 3.05. The number of aromatic nitrogens is 2. The van der Waals surface area contributed by atoms with Crippen molar-refractivity contribution < 1.29 is 19.4 Å². The number of benzene rings is 1. The first-order valence-corrected chi connectivity index (χ1v) is 17.0. The molecule has 1 atom stereocenters. The molecule has 3 aliphatic heterocycles. The van der Waals surface area contributed by atoms with Crippen LogP contribution in [0.25, 0.3) is 0 Å². The van der Waals surface area contributed by atoms with E-state index in [0.717, 1.165) is 91.2 Å². The molecule has 2 saturated heterocycles. The molecule has 244 valence electrons. The van der Waals surface area contributed by atoms with Crippen LogP contribution in [0.5, 0.6) is 11.8 Å². The highest BCUT2D eigenvalue weighted by Gasteiger charge is 2.30. The van der Waals surface area contributed by atoms with Crippen LogP contribution in [0.3, 0.4) is 0 Å². The topological polar surface area (TPSA) is 94.5 Å². The van der Waals surface area contributed by atoms with Crippen molar-refractivity contribution in [2.24, 2.45) is 0 Å².